The molecule has 0 radical (unpaired) electrons. The summed E-state index contributed by atoms with van der Waals surface area (Å²) in [6.45, 7) is 2.88. The lowest BCUT2D eigenvalue weighted by molar-refractivity contribution is -0.128. The van der Waals surface area contributed by atoms with Gasteiger partial charge in [0, 0.05) is 36.1 Å². The zero-order valence-corrected chi connectivity index (χ0v) is 20.0. The van der Waals surface area contributed by atoms with Gasteiger partial charge in [-0.05, 0) is 29.0 Å². The van der Waals surface area contributed by atoms with Crippen molar-refractivity contribution in [2.24, 2.45) is 0 Å². The number of alkyl halides is 4. The molecular weight excluding hydrogens is 566 g/mol. The van der Waals surface area contributed by atoms with Gasteiger partial charge in [-0.15, -0.1) is 0 Å². The Hall–Kier alpha value is -3.22. The largest absolute Gasteiger partial charge is 0.417 e. The van der Waals surface area contributed by atoms with Crippen LogP contribution in [0.3, 0.4) is 0 Å². The molecule has 3 aromatic rings. The van der Waals surface area contributed by atoms with Crippen molar-refractivity contribution in [2.75, 3.05) is 18.0 Å². The molecule has 2 N–H and O–H groups in total. The SMILES string of the molecule is CCc1[nH]ncc1-c1cnn(C2(CC#N)CN(c3cnc(C(=O)N[C@@H](I)C(F)(F)F)cn3)C2)c1. The first-order valence-corrected chi connectivity index (χ1v) is 11.4. The van der Waals surface area contributed by atoms with Gasteiger partial charge in [0.15, 0.2) is 4.05 Å². The molecule has 1 atom stereocenters. The molecular formula is C20H19F3IN9O. The van der Waals surface area contributed by atoms with Crippen molar-refractivity contribution in [3.63, 3.8) is 0 Å². The zero-order chi connectivity index (χ0) is 24.5. The van der Waals surface area contributed by atoms with Crippen molar-refractivity contribution in [2.45, 2.75) is 35.5 Å². The minimum absolute atomic E-state index is 0.220. The standard InChI is InChI=1S/C20H19F3IN9O/c1-2-14-13(6-28-31-14)12-5-29-33(9-12)19(3-4-25)10-32(11-19)16-8-26-15(7-27-16)17(34)30-18(24)20(21,22)23/h5-9,18H,2-3,10-11H2,1H3,(H,28,31)(H,30,34)/t18-/m1/s1. The van der Waals surface area contributed by atoms with Crippen LogP contribution in [0.5, 0.6) is 0 Å². The first-order chi connectivity index (χ1) is 16.2. The second kappa shape index (κ2) is 9.20. The molecule has 1 saturated heterocycles. The lowest BCUT2D eigenvalue weighted by Crippen LogP contribution is -2.63. The Morgan fingerprint density at radius 3 is 2.71 bits per heavy atom. The third-order valence-electron chi connectivity index (χ3n) is 5.57. The van der Waals surface area contributed by atoms with Crippen LogP contribution in [0.4, 0.5) is 19.0 Å². The second-order valence-corrected chi connectivity index (χ2v) is 9.09. The predicted molar refractivity (Wildman–Crippen MR) is 123 cm³/mol. The van der Waals surface area contributed by atoms with Gasteiger partial charge in [-0.3, -0.25) is 14.6 Å². The number of nitriles is 1. The molecule has 0 spiro atoms. The fourth-order valence-electron chi connectivity index (χ4n) is 3.74. The number of aromatic amines is 1. The topological polar surface area (TPSA) is 128 Å². The number of nitrogens with zero attached hydrogens (tertiary/aromatic N) is 7. The van der Waals surface area contributed by atoms with E-state index in [0.29, 0.717) is 18.9 Å². The Labute approximate surface area is 205 Å². The molecule has 1 amide bonds. The van der Waals surface area contributed by atoms with Crippen molar-refractivity contribution in [1.29, 1.82) is 5.26 Å². The highest BCUT2D eigenvalue weighted by Gasteiger charge is 2.46. The van der Waals surface area contributed by atoms with Crippen molar-refractivity contribution in [3.05, 3.63) is 42.4 Å². The first kappa shape index (κ1) is 23.9. The summed E-state index contributed by atoms with van der Waals surface area (Å²) in [5.74, 6) is -0.518. The quantitative estimate of drug-likeness (QED) is 0.248. The molecule has 1 aliphatic rings. The van der Waals surface area contributed by atoms with Gasteiger partial charge in [0.1, 0.15) is 17.1 Å². The molecule has 0 unspecified atom stereocenters. The fraction of sp³-hybridized carbons (Fsp3) is 0.400. The Kier molecular flexibility index (Phi) is 6.47. The average molecular weight is 585 g/mol. The molecule has 14 heteroatoms. The lowest BCUT2D eigenvalue weighted by Gasteiger charge is -2.49. The third-order valence-corrected chi connectivity index (χ3v) is 6.59. The Bertz CT molecular complexity index is 1210. The van der Waals surface area contributed by atoms with Gasteiger partial charge in [0.05, 0.1) is 37.3 Å². The molecule has 1 fully saturated rings. The van der Waals surface area contributed by atoms with E-state index in [1.807, 2.05) is 23.3 Å². The third kappa shape index (κ3) is 4.56. The molecule has 4 rings (SSSR count). The Morgan fingerprint density at radius 2 is 2.09 bits per heavy atom. The average Bonchev–Trinajstić information content (AvgIpc) is 3.44. The summed E-state index contributed by atoms with van der Waals surface area (Å²) in [4.78, 5) is 22.0. The number of carbonyl (C=O) groups is 1. The summed E-state index contributed by atoms with van der Waals surface area (Å²) in [5, 5.41) is 22.8. The number of hydrogen-bond acceptors (Lipinski definition) is 7. The van der Waals surface area contributed by atoms with Gasteiger partial charge in [0.25, 0.3) is 5.91 Å². The second-order valence-electron chi connectivity index (χ2n) is 7.84. The number of nitrogens with one attached hydrogen (secondary N) is 2. The van der Waals surface area contributed by atoms with Crippen LogP contribution in [0, 0.1) is 11.3 Å². The van der Waals surface area contributed by atoms with Gasteiger partial charge in [-0.1, -0.05) is 6.92 Å². The molecule has 0 bridgehead atoms. The highest BCUT2D eigenvalue weighted by molar-refractivity contribution is 14.1. The van der Waals surface area contributed by atoms with Crippen LogP contribution in [0.1, 0.15) is 29.5 Å². The molecule has 0 saturated carbocycles. The van der Waals surface area contributed by atoms with Crippen LogP contribution in [0.25, 0.3) is 11.1 Å². The minimum Gasteiger partial charge on any atom is -0.350 e. The lowest BCUT2D eigenvalue weighted by atomic mass is 9.87. The van der Waals surface area contributed by atoms with E-state index >= 15 is 0 Å². The summed E-state index contributed by atoms with van der Waals surface area (Å²) in [6, 6.07) is 2.21. The number of rotatable bonds is 7. The number of aromatic nitrogens is 6. The predicted octanol–water partition coefficient (Wildman–Crippen LogP) is 2.81. The van der Waals surface area contributed by atoms with Crippen molar-refractivity contribution in [3.8, 4) is 17.2 Å². The Balaban J connectivity index is 1.46. The molecule has 4 heterocycles. The van der Waals surface area contributed by atoms with E-state index < -0.39 is 21.7 Å². The molecule has 178 valence electrons. The number of aryl methyl sites for hydroxylation is 1. The number of amides is 1. The summed E-state index contributed by atoms with van der Waals surface area (Å²) in [7, 11) is 0. The maximum Gasteiger partial charge on any atom is 0.417 e. The van der Waals surface area contributed by atoms with Crippen LogP contribution in [0.2, 0.25) is 0 Å². The number of halogens is 4. The van der Waals surface area contributed by atoms with E-state index in [-0.39, 0.29) is 12.1 Å². The highest BCUT2D eigenvalue weighted by Crippen LogP contribution is 2.36. The minimum atomic E-state index is -4.56. The fourth-order valence-corrected chi connectivity index (χ4v) is 4.02. The smallest absolute Gasteiger partial charge is 0.350 e. The van der Waals surface area contributed by atoms with E-state index in [9.17, 15) is 23.2 Å². The normalized spacial score (nSPS) is 15.9. The van der Waals surface area contributed by atoms with Gasteiger partial charge >= 0.3 is 6.18 Å². The van der Waals surface area contributed by atoms with Crippen molar-refractivity contribution < 1.29 is 18.0 Å². The van der Waals surface area contributed by atoms with Crippen LogP contribution in [-0.2, 0) is 12.0 Å². The maximum atomic E-state index is 12.6. The number of H-pyrrole nitrogens is 1. The van der Waals surface area contributed by atoms with Crippen LogP contribution in [-0.4, -0.2) is 59.2 Å². The summed E-state index contributed by atoms with van der Waals surface area (Å²) in [6.07, 6.45) is 4.28. The zero-order valence-electron chi connectivity index (χ0n) is 17.8. The first-order valence-electron chi connectivity index (χ1n) is 10.2. The monoisotopic (exact) mass is 585 g/mol. The summed E-state index contributed by atoms with van der Waals surface area (Å²) < 4.78 is 37.7. The van der Waals surface area contributed by atoms with Gasteiger partial charge in [-0.25, -0.2) is 9.97 Å². The molecule has 10 nitrogen and oxygen atoms in total. The van der Waals surface area contributed by atoms with Gasteiger partial charge < -0.3 is 10.2 Å². The van der Waals surface area contributed by atoms with Crippen molar-refractivity contribution in [1.82, 2.24) is 35.3 Å². The molecule has 0 aromatic carbocycles. The van der Waals surface area contributed by atoms with E-state index in [1.54, 1.807) is 17.1 Å². The van der Waals surface area contributed by atoms with Crippen LogP contribution < -0.4 is 10.2 Å². The molecule has 34 heavy (non-hydrogen) atoms. The highest BCUT2D eigenvalue weighted by atomic mass is 127. The molecule has 1 aliphatic heterocycles. The summed E-state index contributed by atoms with van der Waals surface area (Å²) in [5.41, 5.74) is 2.05. The van der Waals surface area contributed by atoms with Crippen LogP contribution >= 0.6 is 22.6 Å². The van der Waals surface area contributed by atoms with E-state index in [1.165, 1.54) is 6.20 Å². The number of carbonyl (C=O) groups excluding carboxylic acids is 1. The molecule has 0 aliphatic carbocycles. The van der Waals surface area contributed by atoms with Crippen molar-refractivity contribution >= 4 is 34.3 Å². The number of hydrogen-bond donors (Lipinski definition) is 2. The van der Waals surface area contributed by atoms with Gasteiger partial charge in [-0.2, -0.15) is 28.6 Å². The van der Waals surface area contributed by atoms with E-state index in [0.717, 1.165) is 52.0 Å². The number of anilines is 1. The maximum absolute atomic E-state index is 12.6. The van der Waals surface area contributed by atoms with E-state index in [4.69, 9.17) is 0 Å². The van der Waals surface area contributed by atoms with Crippen LogP contribution in [0.15, 0.2) is 31.0 Å². The molecule has 3 aromatic heterocycles. The Morgan fingerprint density at radius 1 is 1.32 bits per heavy atom. The summed E-state index contributed by atoms with van der Waals surface area (Å²) >= 11 is 1.10. The van der Waals surface area contributed by atoms with Gasteiger partial charge in [0.2, 0.25) is 0 Å². The van der Waals surface area contributed by atoms with E-state index in [2.05, 4.69) is 31.3 Å².